The molecule has 0 heterocycles. The molecule has 3 heteroatoms. The van der Waals surface area contributed by atoms with Crippen LogP contribution in [-0.4, -0.2) is 0 Å². The van der Waals surface area contributed by atoms with Gasteiger partial charge in [0.1, 0.15) is 0 Å². The van der Waals surface area contributed by atoms with Crippen molar-refractivity contribution >= 4 is 31.9 Å². The van der Waals surface area contributed by atoms with Gasteiger partial charge in [0, 0.05) is 15.0 Å². The zero-order chi connectivity index (χ0) is 12.4. The predicted molar refractivity (Wildman–Crippen MR) is 80.1 cm³/mol. The molecule has 1 nitrogen and oxygen atoms in total. The maximum Gasteiger partial charge on any atom is 0.0309 e. The number of halogens is 2. The van der Waals surface area contributed by atoms with Gasteiger partial charge in [-0.15, -0.1) is 0 Å². The molecule has 0 amide bonds. The summed E-state index contributed by atoms with van der Waals surface area (Å²) < 4.78 is 2.29. The van der Waals surface area contributed by atoms with E-state index in [4.69, 9.17) is 5.73 Å². The molecular formula is C14H19Br2N. The zero-order valence-corrected chi connectivity index (χ0v) is 13.4. The van der Waals surface area contributed by atoms with Gasteiger partial charge in [0.2, 0.25) is 0 Å². The Morgan fingerprint density at radius 3 is 2.53 bits per heavy atom. The van der Waals surface area contributed by atoms with E-state index < -0.39 is 0 Å². The van der Waals surface area contributed by atoms with Crippen molar-refractivity contribution in [3.8, 4) is 0 Å². The van der Waals surface area contributed by atoms with Crippen molar-refractivity contribution in [1.29, 1.82) is 0 Å². The summed E-state index contributed by atoms with van der Waals surface area (Å²) in [6, 6.07) is 4.47. The van der Waals surface area contributed by atoms with Crippen LogP contribution in [-0.2, 0) is 0 Å². The van der Waals surface area contributed by atoms with Crippen LogP contribution < -0.4 is 5.73 Å². The second kappa shape index (κ2) is 5.85. The van der Waals surface area contributed by atoms with Crippen LogP contribution in [0.5, 0.6) is 0 Å². The summed E-state index contributed by atoms with van der Waals surface area (Å²) in [5.41, 5.74) is 8.82. The average molecular weight is 361 g/mol. The third-order valence-electron chi connectivity index (χ3n) is 3.74. The lowest BCUT2D eigenvalue weighted by molar-refractivity contribution is 0.450. The van der Waals surface area contributed by atoms with Gasteiger partial charge in [-0.1, -0.05) is 57.5 Å². The Morgan fingerprint density at radius 2 is 1.88 bits per heavy atom. The molecule has 1 aromatic rings. The van der Waals surface area contributed by atoms with Gasteiger partial charge >= 0.3 is 0 Å². The van der Waals surface area contributed by atoms with Gasteiger partial charge in [0.15, 0.2) is 0 Å². The van der Waals surface area contributed by atoms with Crippen LogP contribution in [0.1, 0.15) is 49.3 Å². The van der Waals surface area contributed by atoms with E-state index in [-0.39, 0.29) is 6.04 Å². The normalized spacial score (nSPS) is 18.6. The summed E-state index contributed by atoms with van der Waals surface area (Å²) in [6.45, 7) is 2.10. The van der Waals surface area contributed by atoms with E-state index in [0.717, 1.165) is 21.3 Å². The lowest BCUT2D eigenvalue weighted by atomic mass is 9.94. The Balaban J connectivity index is 2.12. The molecule has 1 fully saturated rings. The molecule has 0 radical (unpaired) electrons. The summed E-state index contributed by atoms with van der Waals surface area (Å²) >= 11 is 7.22. The van der Waals surface area contributed by atoms with E-state index in [1.807, 2.05) is 0 Å². The van der Waals surface area contributed by atoms with Crippen LogP contribution in [0.25, 0.3) is 0 Å². The highest BCUT2D eigenvalue weighted by Crippen LogP contribution is 2.35. The topological polar surface area (TPSA) is 26.0 Å². The lowest BCUT2D eigenvalue weighted by Crippen LogP contribution is -2.15. The Labute approximate surface area is 120 Å². The fourth-order valence-corrected chi connectivity index (χ4v) is 3.79. The number of hydrogen-bond donors (Lipinski definition) is 1. The first-order chi connectivity index (χ1) is 8.08. The van der Waals surface area contributed by atoms with Crippen molar-refractivity contribution in [3.63, 3.8) is 0 Å². The van der Waals surface area contributed by atoms with Crippen LogP contribution >= 0.6 is 31.9 Å². The van der Waals surface area contributed by atoms with E-state index in [1.165, 1.54) is 36.8 Å². The van der Waals surface area contributed by atoms with Crippen LogP contribution in [0.15, 0.2) is 21.1 Å². The number of rotatable bonds is 3. The average Bonchev–Trinajstić information content (AvgIpc) is 2.76. The molecule has 0 saturated heterocycles. The number of nitrogens with two attached hydrogens (primary N) is 1. The van der Waals surface area contributed by atoms with Gasteiger partial charge in [0.05, 0.1) is 0 Å². The Morgan fingerprint density at radius 1 is 1.24 bits per heavy atom. The van der Waals surface area contributed by atoms with Crippen LogP contribution in [0.3, 0.4) is 0 Å². The minimum atomic E-state index is 0.157. The molecule has 1 unspecified atom stereocenters. The molecule has 1 atom stereocenters. The van der Waals surface area contributed by atoms with E-state index >= 15 is 0 Å². The minimum absolute atomic E-state index is 0.157. The molecule has 1 aliphatic rings. The molecule has 17 heavy (non-hydrogen) atoms. The smallest absolute Gasteiger partial charge is 0.0309 e. The summed E-state index contributed by atoms with van der Waals surface area (Å²) in [5.74, 6) is 0.831. The molecule has 1 saturated carbocycles. The molecule has 0 bridgehead atoms. The molecule has 1 aromatic carbocycles. The van der Waals surface area contributed by atoms with Crippen LogP contribution in [0.2, 0.25) is 0 Å². The highest BCUT2D eigenvalue weighted by atomic mass is 79.9. The highest BCUT2D eigenvalue weighted by molar-refractivity contribution is 9.11. The number of benzene rings is 1. The van der Waals surface area contributed by atoms with Gasteiger partial charge in [0.25, 0.3) is 0 Å². The van der Waals surface area contributed by atoms with Crippen molar-refractivity contribution in [1.82, 2.24) is 0 Å². The fraction of sp³-hybridized carbons (Fsp3) is 0.571. The Kier molecular flexibility index (Phi) is 4.67. The van der Waals surface area contributed by atoms with E-state index in [2.05, 4.69) is 50.9 Å². The van der Waals surface area contributed by atoms with Crippen molar-refractivity contribution in [2.75, 3.05) is 0 Å². The SMILES string of the molecule is Cc1cc(Br)c(C(N)CC2CCCC2)cc1Br. The van der Waals surface area contributed by atoms with E-state index in [1.54, 1.807) is 0 Å². The van der Waals surface area contributed by atoms with Gasteiger partial charge in [-0.2, -0.15) is 0 Å². The summed E-state index contributed by atoms with van der Waals surface area (Å²) in [6.07, 6.45) is 6.61. The summed E-state index contributed by atoms with van der Waals surface area (Å²) in [5, 5.41) is 0. The summed E-state index contributed by atoms with van der Waals surface area (Å²) in [4.78, 5) is 0. The van der Waals surface area contributed by atoms with Gasteiger partial charge in [-0.05, 0) is 42.5 Å². The Bertz CT molecular complexity index is 397. The second-order valence-electron chi connectivity index (χ2n) is 5.12. The second-order valence-corrected chi connectivity index (χ2v) is 6.82. The third-order valence-corrected chi connectivity index (χ3v) is 5.28. The van der Waals surface area contributed by atoms with E-state index in [9.17, 15) is 0 Å². The molecule has 2 N–H and O–H groups in total. The number of hydrogen-bond acceptors (Lipinski definition) is 1. The van der Waals surface area contributed by atoms with Crippen LogP contribution in [0, 0.1) is 12.8 Å². The predicted octanol–water partition coefficient (Wildman–Crippen LogP) is 5.10. The highest BCUT2D eigenvalue weighted by Gasteiger charge is 2.20. The number of aryl methyl sites for hydroxylation is 1. The van der Waals surface area contributed by atoms with Crippen molar-refractivity contribution < 1.29 is 0 Å². The zero-order valence-electron chi connectivity index (χ0n) is 10.2. The maximum atomic E-state index is 6.34. The van der Waals surface area contributed by atoms with Crippen molar-refractivity contribution in [2.45, 2.75) is 45.1 Å². The molecule has 94 valence electrons. The van der Waals surface area contributed by atoms with E-state index in [0.29, 0.717) is 0 Å². The standard InChI is InChI=1S/C14H19Br2N/c1-9-6-13(16)11(8-12(9)15)14(17)7-10-4-2-3-5-10/h6,8,10,14H,2-5,7,17H2,1H3. The Hall–Kier alpha value is 0.140. The third kappa shape index (κ3) is 3.33. The molecule has 2 rings (SSSR count). The largest absolute Gasteiger partial charge is 0.324 e. The molecule has 0 spiro atoms. The lowest BCUT2D eigenvalue weighted by Gasteiger charge is -2.19. The van der Waals surface area contributed by atoms with Gasteiger partial charge < -0.3 is 5.73 Å². The minimum Gasteiger partial charge on any atom is -0.324 e. The van der Waals surface area contributed by atoms with Gasteiger partial charge in [-0.25, -0.2) is 0 Å². The monoisotopic (exact) mass is 359 g/mol. The maximum absolute atomic E-state index is 6.34. The molecule has 1 aliphatic carbocycles. The molecule has 0 aromatic heterocycles. The van der Waals surface area contributed by atoms with Crippen LogP contribution in [0.4, 0.5) is 0 Å². The summed E-state index contributed by atoms with van der Waals surface area (Å²) in [7, 11) is 0. The molecule has 0 aliphatic heterocycles. The van der Waals surface area contributed by atoms with Crippen molar-refractivity contribution in [2.24, 2.45) is 11.7 Å². The fourth-order valence-electron chi connectivity index (χ4n) is 2.68. The first-order valence-corrected chi connectivity index (χ1v) is 7.87. The quantitative estimate of drug-likeness (QED) is 0.797. The van der Waals surface area contributed by atoms with Crippen molar-refractivity contribution in [3.05, 3.63) is 32.2 Å². The molecular weight excluding hydrogens is 342 g/mol. The van der Waals surface area contributed by atoms with Gasteiger partial charge in [-0.3, -0.25) is 0 Å². The first-order valence-electron chi connectivity index (χ1n) is 6.29. The first kappa shape index (κ1) is 13.6.